The van der Waals surface area contributed by atoms with Gasteiger partial charge in [0, 0.05) is 11.6 Å². The Morgan fingerprint density at radius 2 is 2.00 bits per heavy atom. The summed E-state index contributed by atoms with van der Waals surface area (Å²) in [6.07, 6.45) is 1.74. The SMILES string of the molecule is Nn1c(SCC(=O)NC(c2ccccc2)c2nccs2)nnc1-c1cccs1. The number of hydrogen-bond donors (Lipinski definition) is 2. The summed E-state index contributed by atoms with van der Waals surface area (Å²) in [4.78, 5) is 17.9. The fraction of sp³-hybridized carbons (Fsp3) is 0.111. The van der Waals surface area contributed by atoms with Gasteiger partial charge in [-0.3, -0.25) is 4.79 Å². The van der Waals surface area contributed by atoms with E-state index in [1.807, 2.05) is 53.2 Å². The third kappa shape index (κ3) is 4.08. The fourth-order valence-electron chi connectivity index (χ4n) is 2.59. The first-order chi connectivity index (χ1) is 13.7. The summed E-state index contributed by atoms with van der Waals surface area (Å²) in [5.41, 5.74) is 0.984. The number of amides is 1. The molecule has 3 heterocycles. The Kier molecular flexibility index (Phi) is 5.70. The Bertz CT molecular complexity index is 1030. The van der Waals surface area contributed by atoms with E-state index in [0.717, 1.165) is 15.4 Å². The van der Waals surface area contributed by atoms with Crippen molar-refractivity contribution in [2.24, 2.45) is 0 Å². The molecule has 4 aromatic rings. The van der Waals surface area contributed by atoms with E-state index in [2.05, 4.69) is 20.5 Å². The minimum Gasteiger partial charge on any atom is -0.342 e. The monoisotopic (exact) mass is 428 g/mol. The molecule has 0 aliphatic heterocycles. The van der Waals surface area contributed by atoms with E-state index in [-0.39, 0.29) is 17.7 Å². The summed E-state index contributed by atoms with van der Waals surface area (Å²) in [5.74, 6) is 6.72. The first-order valence-corrected chi connectivity index (χ1v) is 11.1. The van der Waals surface area contributed by atoms with Crippen LogP contribution in [-0.4, -0.2) is 31.5 Å². The van der Waals surface area contributed by atoms with Crippen LogP contribution in [-0.2, 0) is 4.79 Å². The minimum absolute atomic E-state index is 0.130. The second-order valence-electron chi connectivity index (χ2n) is 5.72. The maximum atomic E-state index is 12.6. The zero-order valence-corrected chi connectivity index (χ0v) is 17.0. The lowest BCUT2D eigenvalue weighted by Gasteiger charge is -2.17. The van der Waals surface area contributed by atoms with Gasteiger partial charge in [-0.2, -0.15) is 0 Å². The number of benzene rings is 1. The van der Waals surface area contributed by atoms with Crippen LogP contribution in [0.25, 0.3) is 10.7 Å². The van der Waals surface area contributed by atoms with Crippen LogP contribution in [0, 0.1) is 0 Å². The Hall–Kier alpha value is -2.69. The predicted molar refractivity (Wildman–Crippen MR) is 113 cm³/mol. The highest BCUT2D eigenvalue weighted by Gasteiger charge is 2.20. The fourth-order valence-corrected chi connectivity index (χ4v) is 4.68. The maximum absolute atomic E-state index is 12.6. The zero-order chi connectivity index (χ0) is 19.3. The van der Waals surface area contributed by atoms with Gasteiger partial charge >= 0.3 is 0 Å². The van der Waals surface area contributed by atoms with Gasteiger partial charge in [0.15, 0.2) is 5.82 Å². The lowest BCUT2D eigenvalue weighted by atomic mass is 10.1. The Labute approximate surface area is 173 Å². The lowest BCUT2D eigenvalue weighted by molar-refractivity contribution is -0.119. The van der Waals surface area contributed by atoms with Crippen LogP contribution in [0.1, 0.15) is 16.6 Å². The average molecular weight is 429 g/mol. The summed E-state index contributed by atoms with van der Waals surface area (Å²) in [5, 5.41) is 16.5. The average Bonchev–Trinajstić information content (AvgIpc) is 3.47. The number of rotatable bonds is 7. The van der Waals surface area contributed by atoms with Crippen molar-refractivity contribution in [3.05, 3.63) is 70.0 Å². The Morgan fingerprint density at radius 1 is 1.14 bits per heavy atom. The first-order valence-electron chi connectivity index (χ1n) is 8.33. The van der Waals surface area contributed by atoms with E-state index in [9.17, 15) is 4.79 Å². The molecule has 0 spiro atoms. The largest absolute Gasteiger partial charge is 0.342 e. The molecule has 0 aliphatic carbocycles. The maximum Gasteiger partial charge on any atom is 0.231 e. The molecule has 7 nitrogen and oxygen atoms in total. The van der Waals surface area contributed by atoms with Crippen LogP contribution in [0.3, 0.4) is 0 Å². The van der Waals surface area contributed by atoms with Gasteiger partial charge in [-0.1, -0.05) is 48.2 Å². The standard InChI is InChI=1S/C18H16N6OS3/c19-24-16(13-7-4-9-26-13)22-23-18(24)28-11-14(25)21-15(17-20-8-10-27-17)12-5-2-1-3-6-12/h1-10,15H,11,19H2,(H,21,25). The van der Waals surface area contributed by atoms with Gasteiger partial charge in [0.2, 0.25) is 11.1 Å². The van der Waals surface area contributed by atoms with Crippen LogP contribution in [0.5, 0.6) is 0 Å². The van der Waals surface area contributed by atoms with Crippen molar-refractivity contribution in [1.82, 2.24) is 25.2 Å². The highest BCUT2D eigenvalue weighted by atomic mass is 32.2. The molecule has 10 heteroatoms. The molecule has 142 valence electrons. The summed E-state index contributed by atoms with van der Waals surface area (Å²) >= 11 is 4.29. The molecule has 3 aromatic heterocycles. The van der Waals surface area contributed by atoms with Crippen molar-refractivity contribution in [2.75, 3.05) is 11.6 Å². The van der Waals surface area contributed by atoms with Crippen molar-refractivity contribution in [3.8, 4) is 10.7 Å². The van der Waals surface area contributed by atoms with Crippen molar-refractivity contribution in [3.63, 3.8) is 0 Å². The van der Waals surface area contributed by atoms with E-state index in [1.165, 1.54) is 39.1 Å². The molecule has 0 bridgehead atoms. The van der Waals surface area contributed by atoms with Crippen molar-refractivity contribution in [1.29, 1.82) is 0 Å². The molecule has 4 rings (SSSR count). The first kappa shape index (κ1) is 18.7. The number of thiazole rings is 1. The number of carbonyl (C=O) groups is 1. The van der Waals surface area contributed by atoms with Gasteiger partial charge in [0.1, 0.15) is 11.0 Å². The summed E-state index contributed by atoms with van der Waals surface area (Å²) in [6.45, 7) is 0. The third-order valence-electron chi connectivity index (χ3n) is 3.88. The lowest BCUT2D eigenvalue weighted by Crippen LogP contribution is -2.30. The molecule has 1 unspecified atom stereocenters. The number of nitrogens with zero attached hydrogens (tertiary/aromatic N) is 4. The Morgan fingerprint density at radius 3 is 2.71 bits per heavy atom. The molecular formula is C18H16N6OS3. The Balaban J connectivity index is 1.44. The molecule has 3 N–H and O–H groups in total. The topological polar surface area (TPSA) is 98.7 Å². The zero-order valence-electron chi connectivity index (χ0n) is 14.6. The van der Waals surface area contributed by atoms with Crippen LogP contribution in [0.15, 0.2) is 64.6 Å². The third-order valence-corrected chi connectivity index (χ3v) is 6.52. The molecular weight excluding hydrogens is 412 g/mol. The molecule has 0 saturated heterocycles. The molecule has 0 saturated carbocycles. The number of carbonyl (C=O) groups excluding carboxylic acids is 1. The number of thioether (sulfide) groups is 1. The number of thiophene rings is 1. The van der Waals surface area contributed by atoms with E-state index >= 15 is 0 Å². The smallest absolute Gasteiger partial charge is 0.231 e. The highest BCUT2D eigenvalue weighted by Crippen LogP contribution is 2.26. The van der Waals surface area contributed by atoms with Crippen molar-refractivity contribution >= 4 is 40.3 Å². The molecule has 0 radical (unpaired) electrons. The van der Waals surface area contributed by atoms with E-state index in [0.29, 0.717) is 11.0 Å². The van der Waals surface area contributed by atoms with Gasteiger partial charge < -0.3 is 11.2 Å². The van der Waals surface area contributed by atoms with Crippen LogP contribution in [0.2, 0.25) is 0 Å². The van der Waals surface area contributed by atoms with Crippen LogP contribution in [0.4, 0.5) is 0 Å². The van der Waals surface area contributed by atoms with E-state index in [1.54, 1.807) is 6.20 Å². The summed E-state index contributed by atoms with van der Waals surface area (Å²) in [7, 11) is 0. The molecule has 28 heavy (non-hydrogen) atoms. The van der Waals surface area contributed by atoms with Gasteiger partial charge in [-0.05, 0) is 17.0 Å². The summed E-state index contributed by atoms with van der Waals surface area (Å²) < 4.78 is 1.42. The molecule has 0 fully saturated rings. The van der Waals surface area contributed by atoms with Gasteiger partial charge in [0.05, 0.1) is 10.6 Å². The number of nitrogens with two attached hydrogens (primary N) is 1. The quantitative estimate of drug-likeness (QED) is 0.346. The summed E-state index contributed by atoms with van der Waals surface area (Å²) in [6, 6.07) is 13.4. The number of hydrogen-bond acceptors (Lipinski definition) is 8. The van der Waals surface area contributed by atoms with Crippen LogP contribution < -0.4 is 11.2 Å². The number of aromatic nitrogens is 4. The molecule has 1 aromatic carbocycles. The van der Waals surface area contributed by atoms with Crippen molar-refractivity contribution in [2.45, 2.75) is 11.2 Å². The molecule has 1 amide bonds. The van der Waals surface area contributed by atoms with Gasteiger partial charge in [-0.25, -0.2) is 9.66 Å². The molecule has 0 aliphatic rings. The van der Waals surface area contributed by atoms with E-state index < -0.39 is 0 Å². The van der Waals surface area contributed by atoms with E-state index in [4.69, 9.17) is 5.84 Å². The number of nitrogen functional groups attached to an aromatic ring is 1. The predicted octanol–water partition coefficient (Wildman–Crippen LogP) is 3.17. The number of nitrogens with one attached hydrogen (secondary N) is 1. The van der Waals surface area contributed by atoms with Gasteiger partial charge in [-0.15, -0.1) is 32.9 Å². The second-order valence-corrected chi connectivity index (χ2v) is 8.54. The highest BCUT2D eigenvalue weighted by molar-refractivity contribution is 7.99. The van der Waals surface area contributed by atoms with Crippen LogP contribution >= 0.6 is 34.4 Å². The van der Waals surface area contributed by atoms with Gasteiger partial charge in [0.25, 0.3) is 0 Å². The molecule has 1 atom stereocenters. The normalized spacial score (nSPS) is 12.0. The second kappa shape index (κ2) is 8.55. The minimum atomic E-state index is -0.285. The van der Waals surface area contributed by atoms with Crippen molar-refractivity contribution < 1.29 is 4.79 Å².